The number of carbonyl (C=O) groups is 3. The number of hydrogen-bond acceptors (Lipinski definition) is 6. The van der Waals surface area contributed by atoms with Crippen LogP contribution in [0.15, 0.2) is 89.3 Å². The van der Waals surface area contributed by atoms with Gasteiger partial charge in [0.2, 0.25) is 0 Å². The Morgan fingerprint density at radius 3 is 2.02 bits per heavy atom. The SMILES string of the molecule is CCOc1cc(C2C3=C(CC(C)(C)CC3=O)N(CCc3ccccc3)C3=C2C(=O)CC(C)(C)C3)cc(Cl)c1OCC(=O)Nc1ccc(Cl)cc1. The third kappa shape index (κ3) is 7.64. The molecule has 0 unspecified atom stereocenters. The van der Waals surface area contributed by atoms with E-state index in [1.165, 1.54) is 5.56 Å². The number of allylic oxidation sites excluding steroid dienone is 4. The number of ketones is 2. The van der Waals surface area contributed by atoms with Gasteiger partial charge in [-0.25, -0.2) is 0 Å². The number of Topliss-reactive ketones (excluding diaryl/α,β-unsaturated/α-hetero) is 2. The molecule has 1 aliphatic heterocycles. The Kier molecular flexibility index (Phi) is 10.2. The maximum Gasteiger partial charge on any atom is 0.262 e. The maximum absolute atomic E-state index is 14.3. The largest absolute Gasteiger partial charge is 0.490 e. The highest BCUT2D eigenvalue weighted by molar-refractivity contribution is 6.32. The number of halogens is 2. The average molecular weight is 716 g/mol. The number of hydrogen-bond donors (Lipinski definition) is 1. The van der Waals surface area contributed by atoms with Crippen molar-refractivity contribution in [2.75, 3.05) is 25.1 Å². The van der Waals surface area contributed by atoms with Gasteiger partial charge in [0.05, 0.1) is 11.6 Å². The van der Waals surface area contributed by atoms with Gasteiger partial charge in [0, 0.05) is 58.6 Å². The van der Waals surface area contributed by atoms with Crippen molar-refractivity contribution in [1.82, 2.24) is 4.90 Å². The summed E-state index contributed by atoms with van der Waals surface area (Å²) in [5.74, 6) is -0.323. The molecule has 262 valence electrons. The predicted molar refractivity (Wildman–Crippen MR) is 198 cm³/mol. The van der Waals surface area contributed by atoms with E-state index in [1.54, 1.807) is 30.3 Å². The van der Waals surface area contributed by atoms with E-state index >= 15 is 0 Å². The number of rotatable bonds is 10. The van der Waals surface area contributed by atoms with Gasteiger partial charge in [0.15, 0.2) is 29.7 Å². The van der Waals surface area contributed by atoms with Crippen molar-refractivity contribution in [3.8, 4) is 11.5 Å². The molecule has 0 aromatic heterocycles. The van der Waals surface area contributed by atoms with Gasteiger partial charge in [-0.1, -0.05) is 81.2 Å². The summed E-state index contributed by atoms with van der Waals surface area (Å²) in [4.78, 5) is 43.7. The highest BCUT2D eigenvalue weighted by Crippen LogP contribution is 2.55. The molecular weight excluding hydrogens is 671 g/mol. The first-order valence-electron chi connectivity index (χ1n) is 17.2. The molecule has 3 aliphatic rings. The van der Waals surface area contributed by atoms with E-state index in [1.807, 2.05) is 31.2 Å². The molecule has 9 heteroatoms. The van der Waals surface area contributed by atoms with Crippen LogP contribution in [-0.2, 0) is 20.8 Å². The Hall–Kier alpha value is -4.07. The van der Waals surface area contributed by atoms with E-state index in [4.69, 9.17) is 32.7 Å². The minimum absolute atomic E-state index is 0.0448. The van der Waals surface area contributed by atoms with Gasteiger partial charge >= 0.3 is 0 Å². The second-order valence-electron chi connectivity index (χ2n) is 15.0. The zero-order valence-corrected chi connectivity index (χ0v) is 30.8. The summed E-state index contributed by atoms with van der Waals surface area (Å²) in [5, 5.41) is 3.58. The van der Waals surface area contributed by atoms with Crippen molar-refractivity contribution in [1.29, 1.82) is 0 Å². The topological polar surface area (TPSA) is 84.9 Å². The third-order valence-electron chi connectivity index (χ3n) is 9.63. The standard InChI is InChI=1S/C41H44Cl2N2O5/c1-6-49-34-19-26(18-29(43)39(34)50-24-35(48)44-28-14-12-27(42)13-15-28)36-37-30(20-40(2,3)22-32(37)46)45(17-16-25-10-8-7-9-11-25)31-21-41(4,5)23-33(47)38(31)36/h7-15,18-19,36H,6,16-17,20-24H2,1-5H3,(H,44,48). The van der Waals surface area contributed by atoms with Gasteiger partial charge in [-0.15, -0.1) is 0 Å². The smallest absolute Gasteiger partial charge is 0.262 e. The molecule has 0 saturated carbocycles. The average Bonchev–Trinajstić information content (AvgIpc) is 3.03. The summed E-state index contributed by atoms with van der Waals surface area (Å²) in [6.07, 6.45) is 2.96. The summed E-state index contributed by atoms with van der Waals surface area (Å²) < 4.78 is 12.0. The van der Waals surface area contributed by atoms with E-state index in [2.05, 4.69) is 50.0 Å². The number of anilines is 1. The van der Waals surface area contributed by atoms with Crippen LogP contribution in [-0.4, -0.2) is 42.1 Å². The molecule has 1 N–H and O–H groups in total. The summed E-state index contributed by atoms with van der Waals surface area (Å²) in [6, 6.07) is 20.7. The first-order valence-corrected chi connectivity index (χ1v) is 18.0. The molecule has 1 amide bonds. The Bertz CT molecular complexity index is 1820. The second-order valence-corrected chi connectivity index (χ2v) is 15.9. The highest BCUT2D eigenvalue weighted by atomic mass is 35.5. The molecule has 50 heavy (non-hydrogen) atoms. The number of carbonyl (C=O) groups excluding carboxylic acids is 3. The lowest BCUT2D eigenvalue weighted by Crippen LogP contribution is -2.45. The van der Waals surface area contributed by atoms with Crippen molar-refractivity contribution < 1.29 is 23.9 Å². The summed E-state index contributed by atoms with van der Waals surface area (Å²) in [6.45, 7) is 11.1. The molecule has 0 atom stereocenters. The van der Waals surface area contributed by atoms with Crippen molar-refractivity contribution in [2.45, 2.75) is 72.6 Å². The number of ether oxygens (including phenoxy) is 2. The fourth-order valence-corrected chi connectivity index (χ4v) is 7.96. The summed E-state index contributed by atoms with van der Waals surface area (Å²) >= 11 is 12.9. The quantitative estimate of drug-likeness (QED) is 0.225. The van der Waals surface area contributed by atoms with Gasteiger partial charge in [-0.3, -0.25) is 14.4 Å². The first-order chi connectivity index (χ1) is 23.7. The lowest BCUT2D eigenvalue weighted by molar-refractivity contribution is -0.120. The van der Waals surface area contributed by atoms with Crippen LogP contribution in [0.3, 0.4) is 0 Å². The van der Waals surface area contributed by atoms with Crippen LogP contribution in [0.1, 0.15) is 77.3 Å². The summed E-state index contributed by atoms with van der Waals surface area (Å²) in [7, 11) is 0. The van der Waals surface area contributed by atoms with Crippen LogP contribution in [0.2, 0.25) is 10.0 Å². The molecule has 3 aromatic carbocycles. The molecule has 0 bridgehead atoms. The van der Waals surface area contributed by atoms with Crippen LogP contribution >= 0.6 is 23.2 Å². The van der Waals surface area contributed by atoms with Gasteiger partial charge in [-0.05, 0) is 84.5 Å². The Morgan fingerprint density at radius 2 is 1.44 bits per heavy atom. The van der Waals surface area contributed by atoms with Gasteiger partial charge in [-0.2, -0.15) is 0 Å². The zero-order valence-electron chi connectivity index (χ0n) is 29.3. The molecule has 0 fully saturated rings. The van der Waals surface area contributed by atoms with Crippen LogP contribution in [0.5, 0.6) is 11.5 Å². The fraction of sp³-hybridized carbons (Fsp3) is 0.390. The molecule has 0 spiro atoms. The Morgan fingerprint density at radius 1 is 0.840 bits per heavy atom. The van der Waals surface area contributed by atoms with E-state index in [0.717, 1.165) is 17.8 Å². The minimum atomic E-state index is -0.598. The van der Waals surface area contributed by atoms with Crippen LogP contribution in [0.25, 0.3) is 0 Å². The van der Waals surface area contributed by atoms with Crippen LogP contribution in [0.4, 0.5) is 5.69 Å². The predicted octanol–water partition coefficient (Wildman–Crippen LogP) is 9.34. The third-order valence-corrected chi connectivity index (χ3v) is 10.2. The maximum atomic E-state index is 14.3. The highest BCUT2D eigenvalue weighted by Gasteiger charge is 2.49. The van der Waals surface area contributed by atoms with Crippen molar-refractivity contribution >= 4 is 46.4 Å². The zero-order chi connectivity index (χ0) is 35.8. The number of benzene rings is 3. The van der Waals surface area contributed by atoms with Gasteiger partial charge < -0.3 is 19.7 Å². The molecule has 3 aromatic rings. The minimum Gasteiger partial charge on any atom is -0.490 e. The lowest BCUT2D eigenvalue weighted by Gasteiger charge is -2.49. The first kappa shape index (κ1) is 35.7. The van der Waals surface area contributed by atoms with Crippen molar-refractivity contribution in [3.63, 3.8) is 0 Å². The van der Waals surface area contributed by atoms with Crippen LogP contribution < -0.4 is 14.8 Å². The van der Waals surface area contributed by atoms with Crippen LogP contribution in [0, 0.1) is 10.8 Å². The van der Waals surface area contributed by atoms with Crippen molar-refractivity contribution in [2.24, 2.45) is 10.8 Å². The number of amides is 1. The Balaban J connectivity index is 1.41. The molecule has 0 radical (unpaired) electrons. The Labute approximate surface area is 304 Å². The van der Waals surface area contributed by atoms with E-state index in [-0.39, 0.29) is 45.7 Å². The molecule has 6 rings (SSSR count). The van der Waals surface area contributed by atoms with Gasteiger partial charge in [0.25, 0.3) is 5.91 Å². The molecular formula is C41H44Cl2N2O5. The van der Waals surface area contributed by atoms with Crippen molar-refractivity contribution in [3.05, 3.63) is 110 Å². The molecule has 7 nitrogen and oxygen atoms in total. The second kappa shape index (κ2) is 14.3. The van der Waals surface area contributed by atoms with E-state index < -0.39 is 5.92 Å². The van der Waals surface area contributed by atoms with E-state index in [0.29, 0.717) is 72.0 Å². The van der Waals surface area contributed by atoms with E-state index in [9.17, 15) is 14.4 Å². The number of nitrogens with one attached hydrogen (secondary N) is 1. The number of nitrogens with zero attached hydrogens (tertiary/aromatic N) is 1. The van der Waals surface area contributed by atoms with Gasteiger partial charge in [0.1, 0.15) is 0 Å². The fourth-order valence-electron chi connectivity index (χ4n) is 7.56. The normalized spacial score (nSPS) is 18.5. The summed E-state index contributed by atoms with van der Waals surface area (Å²) in [5.41, 5.74) is 5.31. The molecule has 0 saturated heterocycles. The monoisotopic (exact) mass is 714 g/mol. The molecule has 2 aliphatic carbocycles. The molecule has 1 heterocycles. The lowest BCUT2D eigenvalue weighted by atomic mass is 9.63.